The van der Waals surface area contributed by atoms with Crippen molar-refractivity contribution in [3.63, 3.8) is 0 Å². The number of hydrogen-bond acceptors (Lipinski definition) is 5. The topological polar surface area (TPSA) is 60.5 Å². The van der Waals surface area contributed by atoms with E-state index in [0.29, 0.717) is 22.3 Å². The Hall–Kier alpha value is -2.83. The second-order valence-electron chi connectivity index (χ2n) is 6.23. The van der Waals surface area contributed by atoms with Gasteiger partial charge in [0.2, 0.25) is 12.7 Å². The van der Waals surface area contributed by atoms with Crippen LogP contribution in [0, 0.1) is 5.92 Å². The van der Waals surface area contributed by atoms with Gasteiger partial charge in [0.05, 0.1) is 5.69 Å². The maximum atomic E-state index is 13.0. The lowest BCUT2D eigenvalue weighted by Gasteiger charge is -2.16. The number of carbonyl (C=O) groups is 1. The van der Waals surface area contributed by atoms with E-state index in [-0.39, 0.29) is 12.7 Å². The molecule has 5 nitrogen and oxygen atoms in total. The molecule has 3 aromatic rings. The zero-order valence-electron chi connectivity index (χ0n) is 14.8. The van der Waals surface area contributed by atoms with Crippen LogP contribution in [0.5, 0.6) is 0 Å². The first-order valence-corrected chi connectivity index (χ1v) is 9.95. The van der Waals surface area contributed by atoms with Crippen molar-refractivity contribution >= 4 is 34.0 Å². The standard InChI is InChI=1S/C21H17ClN2O3S/c22-16-8-6-15(7-9-16)18-12-28-21(23-18)24-20(25)17(19-11-26-13-27-19)10-14-4-2-1-3-5-14/h1-9,11-12,17H,10,13H2,(H,23,24,25). The SMILES string of the molecule is O=C(Nc1nc(-c2ccc(Cl)cc2)cs1)C(Cc1ccccc1)C1=COCO1. The van der Waals surface area contributed by atoms with Gasteiger partial charge in [-0.1, -0.05) is 54.1 Å². The van der Waals surface area contributed by atoms with Crippen molar-refractivity contribution in [2.45, 2.75) is 6.42 Å². The number of carbonyl (C=O) groups excluding carboxylic acids is 1. The predicted molar refractivity (Wildman–Crippen MR) is 110 cm³/mol. The van der Waals surface area contributed by atoms with Crippen LogP contribution in [0.1, 0.15) is 5.56 Å². The molecule has 7 heteroatoms. The van der Waals surface area contributed by atoms with E-state index in [2.05, 4.69) is 10.3 Å². The minimum absolute atomic E-state index is 0.131. The molecule has 1 aliphatic heterocycles. The molecule has 0 saturated heterocycles. The van der Waals surface area contributed by atoms with Crippen LogP contribution >= 0.6 is 22.9 Å². The van der Waals surface area contributed by atoms with Crippen LogP contribution in [-0.2, 0) is 20.7 Å². The fourth-order valence-electron chi connectivity index (χ4n) is 2.88. The van der Waals surface area contributed by atoms with Crippen molar-refractivity contribution in [1.82, 2.24) is 4.98 Å². The largest absolute Gasteiger partial charge is 0.462 e. The molecule has 1 atom stereocenters. The highest BCUT2D eigenvalue weighted by Crippen LogP contribution is 2.28. The van der Waals surface area contributed by atoms with Gasteiger partial charge in [-0.25, -0.2) is 4.98 Å². The van der Waals surface area contributed by atoms with Crippen LogP contribution in [0.4, 0.5) is 5.13 Å². The van der Waals surface area contributed by atoms with Crippen LogP contribution in [0.15, 0.2) is 72.0 Å². The minimum atomic E-state index is -0.493. The summed E-state index contributed by atoms with van der Waals surface area (Å²) in [7, 11) is 0. The van der Waals surface area contributed by atoms with E-state index in [4.69, 9.17) is 21.1 Å². The third kappa shape index (κ3) is 4.35. The van der Waals surface area contributed by atoms with E-state index in [9.17, 15) is 4.79 Å². The lowest BCUT2D eigenvalue weighted by atomic mass is 9.97. The number of halogens is 1. The quantitative estimate of drug-likeness (QED) is 0.611. The van der Waals surface area contributed by atoms with Crippen LogP contribution in [-0.4, -0.2) is 17.7 Å². The third-order valence-corrected chi connectivity index (χ3v) is 5.32. The van der Waals surface area contributed by atoms with Gasteiger partial charge in [-0.15, -0.1) is 11.3 Å². The summed E-state index contributed by atoms with van der Waals surface area (Å²) in [5.41, 5.74) is 2.77. The summed E-state index contributed by atoms with van der Waals surface area (Å²) < 4.78 is 10.6. The predicted octanol–water partition coefficient (Wildman–Crippen LogP) is 5.11. The molecule has 2 heterocycles. The molecule has 1 N–H and O–H groups in total. The number of anilines is 1. The molecule has 0 saturated carbocycles. The number of thiazole rings is 1. The molecule has 2 aromatic carbocycles. The highest BCUT2D eigenvalue weighted by molar-refractivity contribution is 7.14. The Kier molecular flexibility index (Phi) is 5.60. The first kappa shape index (κ1) is 18.5. The van der Waals surface area contributed by atoms with Crippen LogP contribution < -0.4 is 5.32 Å². The molecule has 0 radical (unpaired) electrons. The van der Waals surface area contributed by atoms with Gasteiger partial charge in [0.15, 0.2) is 5.13 Å². The van der Waals surface area contributed by atoms with E-state index >= 15 is 0 Å². The number of ether oxygens (including phenoxy) is 2. The molecule has 142 valence electrons. The van der Waals surface area contributed by atoms with Gasteiger partial charge in [-0.2, -0.15) is 0 Å². The highest BCUT2D eigenvalue weighted by atomic mass is 35.5. The van der Waals surface area contributed by atoms with Crippen molar-refractivity contribution in [2.24, 2.45) is 5.92 Å². The summed E-state index contributed by atoms with van der Waals surface area (Å²) in [6.45, 7) is 0.131. The molecule has 0 aliphatic carbocycles. The number of amides is 1. The lowest BCUT2D eigenvalue weighted by Crippen LogP contribution is -2.26. The molecule has 1 amide bonds. The Morgan fingerprint density at radius 2 is 1.96 bits per heavy atom. The molecule has 28 heavy (non-hydrogen) atoms. The number of rotatable bonds is 6. The Bertz CT molecular complexity index is 986. The van der Waals surface area contributed by atoms with Crippen molar-refractivity contribution < 1.29 is 14.3 Å². The van der Waals surface area contributed by atoms with Crippen molar-refractivity contribution in [1.29, 1.82) is 0 Å². The van der Waals surface area contributed by atoms with Crippen LogP contribution in [0.2, 0.25) is 5.02 Å². The first-order chi connectivity index (χ1) is 13.7. The molecule has 0 bridgehead atoms. The monoisotopic (exact) mass is 412 g/mol. The second-order valence-corrected chi connectivity index (χ2v) is 7.52. The smallest absolute Gasteiger partial charge is 0.237 e. The summed E-state index contributed by atoms with van der Waals surface area (Å²) in [6.07, 6.45) is 2.02. The zero-order chi connectivity index (χ0) is 19.3. The molecular formula is C21H17ClN2O3S. The van der Waals surface area contributed by atoms with Crippen molar-refractivity contribution in [3.8, 4) is 11.3 Å². The molecular weight excluding hydrogens is 396 g/mol. The summed E-state index contributed by atoms with van der Waals surface area (Å²) in [4.78, 5) is 17.5. The normalized spacial score (nSPS) is 14.0. The number of aromatic nitrogens is 1. The van der Waals surface area contributed by atoms with E-state index < -0.39 is 5.92 Å². The summed E-state index contributed by atoms with van der Waals surface area (Å²) in [5.74, 6) is -0.152. The van der Waals surface area contributed by atoms with Gasteiger partial charge in [-0.3, -0.25) is 4.79 Å². The second kappa shape index (κ2) is 8.46. The van der Waals surface area contributed by atoms with Crippen molar-refractivity contribution in [2.75, 3.05) is 12.1 Å². The maximum absolute atomic E-state index is 13.0. The van der Waals surface area contributed by atoms with Gasteiger partial charge in [0.25, 0.3) is 0 Å². The zero-order valence-corrected chi connectivity index (χ0v) is 16.4. The van der Waals surface area contributed by atoms with Gasteiger partial charge in [-0.05, 0) is 24.1 Å². The van der Waals surface area contributed by atoms with Crippen LogP contribution in [0.25, 0.3) is 11.3 Å². The fourth-order valence-corrected chi connectivity index (χ4v) is 3.73. The average molecular weight is 413 g/mol. The van der Waals surface area contributed by atoms with E-state index in [1.807, 2.05) is 60.0 Å². The Labute approximate surface area is 171 Å². The molecule has 1 unspecified atom stereocenters. The molecule has 1 aromatic heterocycles. The molecule has 4 rings (SSSR count). The first-order valence-electron chi connectivity index (χ1n) is 8.70. The Morgan fingerprint density at radius 3 is 2.68 bits per heavy atom. The average Bonchev–Trinajstić information content (AvgIpc) is 3.40. The van der Waals surface area contributed by atoms with Gasteiger partial charge in [0, 0.05) is 16.0 Å². The van der Waals surface area contributed by atoms with Crippen molar-refractivity contribution in [3.05, 3.63) is 82.6 Å². The fraction of sp³-hybridized carbons (Fsp3) is 0.143. The van der Waals surface area contributed by atoms with E-state index in [0.717, 1.165) is 16.8 Å². The maximum Gasteiger partial charge on any atom is 0.237 e. The summed E-state index contributed by atoms with van der Waals surface area (Å²) >= 11 is 7.31. The summed E-state index contributed by atoms with van der Waals surface area (Å²) in [6, 6.07) is 17.2. The Morgan fingerprint density at radius 1 is 1.18 bits per heavy atom. The number of nitrogens with zero attached hydrogens (tertiary/aromatic N) is 1. The third-order valence-electron chi connectivity index (χ3n) is 4.31. The van der Waals surface area contributed by atoms with Gasteiger partial charge < -0.3 is 14.8 Å². The summed E-state index contributed by atoms with van der Waals surface area (Å²) in [5, 5.41) is 6.01. The Balaban J connectivity index is 1.50. The van der Waals surface area contributed by atoms with E-state index in [1.54, 1.807) is 0 Å². The van der Waals surface area contributed by atoms with Gasteiger partial charge in [0.1, 0.15) is 17.9 Å². The lowest BCUT2D eigenvalue weighted by molar-refractivity contribution is -0.119. The van der Waals surface area contributed by atoms with Gasteiger partial charge >= 0.3 is 0 Å². The molecule has 0 fully saturated rings. The molecule has 1 aliphatic rings. The minimum Gasteiger partial charge on any atom is -0.462 e. The van der Waals surface area contributed by atoms with Crippen LogP contribution in [0.3, 0.4) is 0 Å². The number of benzene rings is 2. The number of hydrogen-bond donors (Lipinski definition) is 1. The highest BCUT2D eigenvalue weighted by Gasteiger charge is 2.28. The number of nitrogens with one attached hydrogen (secondary N) is 1. The van der Waals surface area contributed by atoms with E-state index in [1.165, 1.54) is 17.6 Å². The molecule has 0 spiro atoms.